The molecule has 0 aromatic carbocycles. The van der Waals surface area contributed by atoms with Crippen molar-refractivity contribution in [3.05, 3.63) is 47.6 Å². The predicted molar refractivity (Wildman–Crippen MR) is 310 cm³/mol. The number of alkyl carbamates (subject to hydrolysis) is 1. The number of nitrogens with zero attached hydrogens (tertiary/aromatic N) is 3. The summed E-state index contributed by atoms with van der Waals surface area (Å²) in [6.45, 7) is 15.7. The van der Waals surface area contributed by atoms with Crippen molar-refractivity contribution in [2.45, 2.75) is 204 Å². The number of likely N-dealkylation sites (tertiary alicyclic amines) is 2. The smallest absolute Gasteiger partial charge is 0.407 e. The lowest BCUT2D eigenvalue weighted by atomic mass is 9.80. The topological polar surface area (TPSA) is 279 Å². The van der Waals surface area contributed by atoms with Crippen LogP contribution in [0.15, 0.2) is 47.6 Å². The lowest BCUT2D eigenvalue weighted by Crippen LogP contribution is -2.61. The van der Waals surface area contributed by atoms with Gasteiger partial charge in [0.1, 0.15) is 30.5 Å². The number of piperazine rings is 1. The maximum absolute atomic E-state index is 14.6. The first-order chi connectivity index (χ1) is 39.5. The molecule has 2 amide bonds. The van der Waals surface area contributed by atoms with Gasteiger partial charge >= 0.3 is 12.1 Å². The number of carbonyl (C=O) groups excluding carboxylic acids is 5. The van der Waals surface area contributed by atoms with Crippen LogP contribution in [0, 0.1) is 29.6 Å². The Morgan fingerprint density at radius 3 is 2.27 bits per heavy atom. The van der Waals surface area contributed by atoms with Gasteiger partial charge in [-0.05, 0) is 115 Å². The average molecular weight is 1170 g/mol. The van der Waals surface area contributed by atoms with E-state index >= 15 is 0 Å². The highest BCUT2D eigenvalue weighted by atomic mass is 16.6. The number of hydrogen-bond acceptors (Lipinski definition) is 19. The standard InChI is InChI=1S/C62H101N5O16/c1-38-15-11-10-12-16-39(2)52(77-8)34-47-20-18-43(6)62(76,83-47)58(72)59(73)67-23-14-13-17-49(67)60(74)81-53(35-50(68)40(3)30-42(5)56(70)57(71)55(69)41(4)29-38)48(63)31-44-19-21-51(54(32-44)78-9)82-61(75)64-22-25-79-27-28-80-26-24-66-37-45-33-46(66)36-65(45)7/h10-12,15-16,30,38,40-41,43-54,56-57,68,70-71,76H,13-14,17-29,31-37,63H2,1-9H3,(H,64,75)/b12-10+,15-11+,39-16+,42-30+/t38-,40-,41-,43-,44+,45+,46+,47+,48-,49+,50-,51-,52+,53+,54-,56-,57+,62-/m1/s1. The van der Waals surface area contributed by atoms with Gasteiger partial charge in [-0.2, -0.15) is 0 Å². The molecule has 5 fully saturated rings. The summed E-state index contributed by atoms with van der Waals surface area (Å²) < 4.78 is 41.5. The normalized spacial score (nSPS) is 38.7. The first-order valence-corrected chi connectivity index (χ1v) is 30.6. The molecule has 0 aromatic heterocycles. The second-order valence-corrected chi connectivity index (χ2v) is 24.8. The number of nitrogens with one attached hydrogen (secondary N) is 1. The van der Waals surface area contributed by atoms with Crippen molar-refractivity contribution in [2.75, 3.05) is 80.4 Å². The van der Waals surface area contributed by atoms with Crippen LogP contribution in [0.1, 0.15) is 125 Å². The van der Waals surface area contributed by atoms with Crippen LogP contribution in [0.4, 0.5) is 4.79 Å². The summed E-state index contributed by atoms with van der Waals surface area (Å²) in [7, 11) is 5.29. The molecule has 1 saturated carbocycles. The fourth-order valence-corrected chi connectivity index (χ4v) is 13.1. The Bertz CT molecular complexity index is 2250. The molecule has 5 heterocycles. The van der Waals surface area contributed by atoms with Gasteiger partial charge in [0.05, 0.1) is 50.8 Å². The van der Waals surface area contributed by atoms with Crippen LogP contribution in [-0.4, -0.2) is 224 Å². The van der Waals surface area contributed by atoms with Crippen LogP contribution >= 0.6 is 0 Å². The number of fused-ring (bicyclic) bond motifs is 5. The second-order valence-electron chi connectivity index (χ2n) is 24.8. The number of ether oxygens (including phenoxy) is 7. The first-order valence-electron chi connectivity index (χ1n) is 30.6. The van der Waals surface area contributed by atoms with Crippen LogP contribution in [0.2, 0.25) is 0 Å². The van der Waals surface area contributed by atoms with E-state index in [2.05, 4.69) is 22.2 Å². The van der Waals surface area contributed by atoms with Crippen molar-refractivity contribution >= 4 is 29.5 Å². The van der Waals surface area contributed by atoms with Gasteiger partial charge in [-0.15, -0.1) is 0 Å². The summed E-state index contributed by atoms with van der Waals surface area (Å²) in [5, 5.41) is 49.1. The Hall–Kier alpha value is -3.97. The summed E-state index contributed by atoms with van der Waals surface area (Å²) >= 11 is 0. The van der Waals surface area contributed by atoms with Crippen LogP contribution in [-0.2, 0) is 52.3 Å². The molecular formula is C62H101N5O16. The van der Waals surface area contributed by atoms with Crippen LogP contribution < -0.4 is 11.1 Å². The van der Waals surface area contributed by atoms with E-state index in [4.69, 9.17) is 38.9 Å². The van der Waals surface area contributed by atoms with E-state index < -0.39 is 114 Å². The number of rotatable bonds is 15. The van der Waals surface area contributed by atoms with Gasteiger partial charge in [0.2, 0.25) is 5.79 Å². The fourth-order valence-electron chi connectivity index (χ4n) is 13.1. The summed E-state index contributed by atoms with van der Waals surface area (Å²) in [6, 6.07) is -0.816. The number of esters is 1. The number of aliphatic hydroxyl groups excluding tert-OH is 3. The highest BCUT2D eigenvalue weighted by Crippen LogP contribution is 2.38. The molecule has 0 unspecified atom stereocenters. The number of hydrogen-bond donors (Lipinski definition) is 6. The third-order valence-electron chi connectivity index (χ3n) is 18.4. The molecule has 7 N–H and O–H groups in total. The van der Waals surface area contributed by atoms with E-state index in [1.807, 2.05) is 44.2 Å². The maximum Gasteiger partial charge on any atom is 0.407 e. The average Bonchev–Trinajstić information content (AvgIpc) is 4.21. The second kappa shape index (κ2) is 32.7. The van der Waals surface area contributed by atoms with Crippen molar-refractivity contribution < 1.29 is 77.6 Å². The molecule has 21 nitrogen and oxygen atoms in total. The molecule has 5 aliphatic heterocycles. The Kier molecular flexibility index (Phi) is 26.8. The number of cyclic esters (lactones) is 1. The fraction of sp³-hybridized carbons (Fsp3) is 0.790. The summed E-state index contributed by atoms with van der Waals surface area (Å²) in [5.74, 6) is -8.27. The number of nitrogens with two attached hydrogens (primary N) is 1. The first kappa shape index (κ1) is 68.1. The molecular weight excluding hydrogens is 1070 g/mol. The Balaban J connectivity index is 1.12. The molecule has 83 heavy (non-hydrogen) atoms. The number of likely N-dealkylation sites (N-methyl/N-ethyl adjacent to an activating group) is 1. The van der Waals surface area contributed by atoms with Gasteiger partial charge in [0.15, 0.2) is 5.78 Å². The van der Waals surface area contributed by atoms with Gasteiger partial charge < -0.3 is 74.4 Å². The largest absolute Gasteiger partial charge is 0.459 e. The zero-order chi connectivity index (χ0) is 60.5. The number of allylic oxidation sites excluding steroid dienone is 5. The van der Waals surface area contributed by atoms with Gasteiger partial charge in [-0.1, -0.05) is 64.2 Å². The van der Waals surface area contributed by atoms with Crippen LogP contribution in [0.3, 0.4) is 0 Å². The lowest BCUT2D eigenvalue weighted by molar-refractivity contribution is -0.265. The SMILES string of the molecule is CO[C@H]1C[C@@H]2CC[C@@H](C)[C@@](O)(O2)C(=O)C(=O)N2CCCC[C@H]2C(=O)O[C@H]([C@H](N)C[C@@H]2CC[C@@H](OC(=O)NCCOCCOCCN3C[C@@H]4C[C@H]3CN4C)[C@H](OC)C2)C[C@@H](O)[C@H](C)/C=C(\C)[C@@H](O)[C@@H](O)C(=O)[C@H](C)C[C@H](C)/C=C/C=C/C=C/1C. The van der Waals surface area contributed by atoms with Crippen molar-refractivity contribution in [3.8, 4) is 0 Å². The van der Waals surface area contributed by atoms with Crippen molar-refractivity contribution in [1.82, 2.24) is 20.0 Å². The summed E-state index contributed by atoms with van der Waals surface area (Å²) in [6.07, 6.45) is 8.16. The van der Waals surface area contributed by atoms with E-state index in [0.717, 1.165) is 30.1 Å². The lowest BCUT2D eigenvalue weighted by Gasteiger charge is -2.42. The maximum atomic E-state index is 14.6. The third kappa shape index (κ3) is 19.0. The van der Waals surface area contributed by atoms with Gasteiger partial charge in [0, 0.05) is 95.7 Å². The Labute approximate surface area is 492 Å². The number of amides is 2. The van der Waals surface area contributed by atoms with Gasteiger partial charge in [-0.25, -0.2) is 9.59 Å². The monoisotopic (exact) mass is 1170 g/mol. The number of aliphatic hydroxyl groups is 4. The third-order valence-corrected chi connectivity index (χ3v) is 18.4. The zero-order valence-electron chi connectivity index (χ0n) is 50.9. The van der Waals surface area contributed by atoms with Crippen LogP contribution in [0.25, 0.3) is 0 Å². The summed E-state index contributed by atoms with van der Waals surface area (Å²) in [4.78, 5) is 75.9. The molecule has 4 saturated heterocycles. The van der Waals surface area contributed by atoms with Crippen molar-refractivity contribution in [2.24, 2.45) is 35.3 Å². The minimum Gasteiger partial charge on any atom is -0.459 e. The van der Waals surface area contributed by atoms with E-state index in [1.54, 1.807) is 48.0 Å². The Morgan fingerprint density at radius 2 is 1.57 bits per heavy atom. The van der Waals surface area contributed by atoms with Gasteiger partial charge in [-0.3, -0.25) is 19.3 Å². The molecule has 470 valence electrons. The molecule has 6 aliphatic rings. The summed E-state index contributed by atoms with van der Waals surface area (Å²) in [5.41, 5.74) is 8.12. The van der Waals surface area contributed by atoms with E-state index in [0.29, 0.717) is 89.7 Å². The van der Waals surface area contributed by atoms with E-state index in [-0.39, 0.29) is 56.4 Å². The number of piperidine rings is 1. The molecule has 0 spiro atoms. The molecule has 0 radical (unpaired) electrons. The highest BCUT2D eigenvalue weighted by Gasteiger charge is 2.53. The molecule has 6 rings (SSSR count). The van der Waals surface area contributed by atoms with E-state index in [1.165, 1.54) is 6.42 Å². The molecule has 0 aromatic rings. The Morgan fingerprint density at radius 1 is 0.819 bits per heavy atom. The minimum absolute atomic E-state index is 0.0365. The van der Waals surface area contributed by atoms with Crippen molar-refractivity contribution in [1.29, 1.82) is 0 Å². The predicted octanol–water partition coefficient (Wildman–Crippen LogP) is 4.16. The molecule has 1 aliphatic carbocycles. The van der Waals surface area contributed by atoms with Crippen molar-refractivity contribution in [3.63, 3.8) is 0 Å². The van der Waals surface area contributed by atoms with Gasteiger partial charge in [0.25, 0.3) is 11.7 Å². The quantitative estimate of drug-likeness (QED) is 0.0581. The van der Waals surface area contributed by atoms with Crippen LogP contribution in [0.5, 0.6) is 0 Å². The molecule has 4 bridgehead atoms. The minimum atomic E-state index is -2.48. The number of methoxy groups -OCH3 is 2. The highest BCUT2D eigenvalue weighted by molar-refractivity contribution is 6.39. The number of ketones is 2. The molecule has 18 atom stereocenters. The molecule has 21 heteroatoms. The zero-order valence-corrected chi connectivity index (χ0v) is 50.9. The van der Waals surface area contributed by atoms with E-state index in [9.17, 15) is 44.4 Å². The number of carbonyl (C=O) groups is 5. The number of Topliss-reactive ketones (excluding diaryl/α,β-unsaturated/α-hetero) is 2.